The van der Waals surface area contributed by atoms with Crippen LogP contribution in [0.2, 0.25) is 0 Å². The van der Waals surface area contributed by atoms with Crippen molar-refractivity contribution in [1.82, 2.24) is 15.1 Å². The third-order valence-electron chi connectivity index (χ3n) is 4.66. The summed E-state index contributed by atoms with van der Waals surface area (Å²) in [4.78, 5) is 28.0. The molecule has 0 radical (unpaired) electrons. The molecule has 2 amide bonds. The molecule has 21 heavy (non-hydrogen) atoms. The Bertz CT molecular complexity index is 357. The van der Waals surface area contributed by atoms with E-state index in [1.165, 1.54) is 12.8 Å². The number of amides is 2. The Kier molecular flexibility index (Phi) is 6.03. The molecule has 2 saturated heterocycles. The summed E-state index contributed by atoms with van der Waals surface area (Å²) in [5.74, 6) is 1.23. The molecule has 5 heteroatoms. The van der Waals surface area contributed by atoms with E-state index in [4.69, 9.17) is 0 Å². The summed E-state index contributed by atoms with van der Waals surface area (Å²) in [6.45, 7) is 8.82. The van der Waals surface area contributed by atoms with E-state index in [1.807, 2.05) is 23.6 Å². The molecule has 0 aromatic heterocycles. The molecule has 120 valence electrons. The Morgan fingerprint density at radius 2 is 1.62 bits per heavy atom. The Morgan fingerprint density at radius 1 is 1.05 bits per heavy atom. The zero-order chi connectivity index (χ0) is 15.2. The van der Waals surface area contributed by atoms with Crippen molar-refractivity contribution >= 4 is 11.8 Å². The van der Waals surface area contributed by atoms with Gasteiger partial charge in [-0.05, 0) is 38.3 Å². The number of piperidine rings is 1. The molecule has 2 rings (SSSR count). The highest BCUT2D eigenvalue weighted by molar-refractivity contribution is 5.79. The molecule has 5 nitrogen and oxygen atoms in total. The van der Waals surface area contributed by atoms with Crippen LogP contribution in [0, 0.1) is 11.8 Å². The minimum Gasteiger partial charge on any atom is -0.339 e. The second-order valence-electron chi connectivity index (χ2n) is 6.59. The van der Waals surface area contributed by atoms with Gasteiger partial charge in [0, 0.05) is 38.5 Å². The van der Waals surface area contributed by atoms with Gasteiger partial charge in [0.1, 0.15) is 0 Å². The molecule has 2 aliphatic heterocycles. The number of hydrogen-bond donors (Lipinski definition) is 1. The summed E-state index contributed by atoms with van der Waals surface area (Å²) in [5.41, 5.74) is 0. The molecule has 0 atom stereocenters. The first-order valence-corrected chi connectivity index (χ1v) is 8.35. The lowest BCUT2D eigenvalue weighted by Gasteiger charge is -2.36. The summed E-state index contributed by atoms with van der Waals surface area (Å²) >= 11 is 0. The van der Waals surface area contributed by atoms with Gasteiger partial charge in [-0.15, -0.1) is 0 Å². The molecule has 1 N–H and O–H groups in total. The van der Waals surface area contributed by atoms with E-state index in [0.29, 0.717) is 38.5 Å². The third kappa shape index (κ3) is 4.70. The lowest BCUT2D eigenvalue weighted by Crippen LogP contribution is -2.51. The monoisotopic (exact) mass is 295 g/mol. The number of rotatable bonds is 4. The predicted octanol–water partition coefficient (Wildman–Crippen LogP) is 1.09. The van der Waals surface area contributed by atoms with Crippen molar-refractivity contribution in [3.05, 3.63) is 0 Å². The van der Waals surface area contributed by atoms with Gasteiger partial charge in [-0.2, -0.15) is 0 Å². The molecule has 0 spiro atoms. The van der Waals surface area contributed by atoms with Crippen LogP contribution in [0.5, 0.6) is 0 Å². The van der Waals surface area contributed by atoms with Crippen molar-refractivity contribution in [2.45, 2.75) is 39.5 Å². The highest BCUT2D eigenvalue weighted by atomic mass is 16.2. The fourth-order valence-electron chi connectivity index (χ4n) is 3.20. The van der Waals surface area contributed by atoms with Gasteiger partial charge in [0.2, 0.25) is 11.8 Å². The van der Waals surface area contributed by atoms with Crippen molar-refractivity contribution in [1.29, 1.82) is 0 Å². The maximum atomic E-state index is 12.3. The number of nitrogens with one attached hydrogen (secondary N) is 1. The molecule has 2 fully saturated rings. The van der Waals surface area contributed by atoms with E-state index in [-0.39, 0.29) is 17.7 Å². The van der Waals surface area contributed by atoms with E-state index in [1.54, 1.807) is 0 Å². The van der Waals surface area contributed by atoms with Crippen LogP contribution in [0.1, 0.15) is 39.5 Å². The predicted molar refractivity (Wildman–Crippen MR) is 82.8 cm³/mol. The average molecular weight is 295 g/mol. The lowest BCUT2D eigenvalue weighted by molar-refractivity contribution is -0.141. The topological polar surface area (TPSA) is 52.7 Å². The summed E-state index contributed by atoms with van der Waals surface area (Å²) in [6.07, 6.45) is 4.09. The zero-order valence-corrected chi connectivity index (χ0v) is 13.4. The number of carbonyl (C=O) groups excluding carboxylic acids is 2. The number of carbonyl (C=O) groups is 2. The Balaban J connectivity index is 1.69. The van der Waals surface area contributed by atoms with Crippen molar-refractivity contribution in [3.8, 4) is 0 Å². The largest absolute Gasteiger partial charge is 0.339 e. The summed E-state index contributed by atoms with van der Waals surface area (Å²) < 4.78 is 0. The second-order valence-corrected chi connectivity index (χ2v) is 6.59. The maximum Gasteiger partial charge on any atom is 0.225 e. The number of nitrogens with zero attached hydrogens (tertiary/aromatic N) is 2. The number of hydrogen-bond acceptors (Lipinski definition) is 3. The van der Waals surface area contributed by atoms with Crippen LogP contribution >= 0.6 is 0 Å². The van der Waals surface area contributed by atoms with Gasteiger partial charge in [0.25, 0.3) is 0 Å². The van der Waals surface area contributed by atoms with Gasteiger partial charge < -0.3 is 15.1 Å². The minimum absolute atomic E-state index is 0.0483. The van der Waals surface area contributed by atoms with E-state index in [0.717, 1.165) is 19.5 Å². The SMILES string of the molecule is CC(C)C(=O)N1CCN(C(=O)CCC2CCNCC2)CC1. The Hall–Kier alpha value is -1.10. The Labute approximate surface area is 128 Å². The van der Waals surface area contributed by atoms with Crippen LogP contribution in [0.3, 0.4) is 0 Å². The van der Waals surface area contributed by atoms with Crippen molar-refractivity contribution in [2.75, 3.05) is 39.3 Å². The third-order valence-corrected chi connectivity index (χ3v) is 4.66. The zero-order valence-electron chi connectivity index (χ0n) is 13.4. The molecule has 0 unspecified atom stereocenters. The molecule has 0 aromatic rings. The summed E-state index contributed by atoms with van der Waals surface area (Å²) in [6, 6.07) is 0. The van der Waals surface area contributed by atoms with Gasteiger partial charge in [-0.3, -0.25) is 9.59 Å². The molecule has 2 heterocycles. The van der Waals surface area contributed by atoms with Gasteiger partial charge in [-0.1, -0.05) is 13.8 Å². The summed E-state index contributed by atoms with van der Waals surface area (Å²) in [7, 11) is 0. The van der Waals surface area contributed by atoms with E-state index in [9.17, 15) is 9.59 Å². The standard InChI is InChI=1S/C16H29N3O2/c1-13(2)16(21)19-11-9-18(10-12-19)15(20)4-3-14-5-7-17-8-6-14/h13-14,17H,3-12H2,1-2H3. The van der Waals surface area contributed by atoms with Crippen LogP contribution in [0.4, 0.5) is 0 Å². The molecule has 0 saturated carbocycles. The van der Waals surface area contributed by atoms with Crippen LogP contribution in [0.25, 0.3) is 0 Å². The molecular formula is C16H29N3O2. The molecular weight excluding hydrogens is 266 g/mol. The first kappa shape index (κ1) is 16.3. The smallest absolute Gasteiger partial charge is 0.225 e. The fraction of sp³-hybridized carbons (Fsp3) is 0.875. The average Bonchev–Trinajstić information content (AvgIpc) is 2.53. The normalized spacial score (nSPS) is 20.9. The molecule has 0 bridgehead atoms. The summed E-state index contributed by atoms with van der Waals surface area (Å²) in [5, 5.41) is 3.36. The van der Waals surface area contributed by atoms with E-state index < -0.39 is 0 Å². The van der Waals surface area contributed by atoms with Gasteiger partial charge in [0.05, 0.1) is 0 Å². The van der Waals surface area contributed by atoms with Crippen molar-refractivity contribution in [3.63, 3.8) is 0 Å². The van der Waals surface area contributed by atoms with Crippen LogP contribution < -0.4 is 5.32 Å². The minimum atomic E-state index is 0.0483. The van der Waals surface area contributed by atoms with Crippen molar-refractivity contribution in [2.24, 2.45) is 11.8 Å². The molecule has 2 aliphatic rings. The van der Waals surface area contributed by atoms with Crippen LogP contribution in [-0.4, -0.2) is 60.9 Å². The van der Waals surface area contributed by atoms with Crippen LogP contribution in [-0.2, 0) is 9.59 Å². The van der Waals surface area contributed by atoms with Gasteiger partial charge >= 0.3 is 0 Å². The Morgan fingerprint density at radius 3 is 2.19 bits per heavy atom. The first-order valence-electron chi connectivity index (χ1n) is 8.35. The highest BCUT2D eigenvalue weighted by Gasteiger charge is 2.25. The first-order chi connectivity index (χ1) is 10.1. The number of piperazine rings is 1. The second kappa shape index (κ2) is 7.78. The highest BCUT2D eigenvalue weighted by Crippen LogP contribution is 2.19. The fourth-order valence-corrected chi connectivity index (χ4v) is 3.20. The molecule has 0 aromatic carbocycles. The van der Waals surface area contributed by atoms with E-state index in [2.05, 4.69) is 5.32 Å². The van der Waals surface area contributed by atoms with Crippen LogP contribution in [0.15, 0.2) is 0 Å². The quantitative estimate of drug-likeness (QED) is 0.845. The molecule has 0 aliphatic carbocycles. The lowest BCUT2D eigenvalue weighted by atomic mass is 9.93. The van der Waals surface area contributed by atoms with E-state index >= 15 is 0 Å². The van der Waals surface area contributed by atoms with Gasteiger partial charge in [-0.25, -0.2) is 0 Å². The maximum absolute atomic E-state index is 12.3. The van der Waals surface area contributed by atoms with Gasteiger partial charge in [0.15, 0.2) is 0 Å². The van der Waals surface area contributed by atoms with Crippen molar-refractivity contribution < 1.29 is 9.59 Å².